The minimum Gasteiger partial charge on any atom is -0.309 e. The van der Waals surface area contributed by atoms with E-state index in [0.29, 0.717) is 0 Å². The molecule has 0 atom stereocenters. The van der Waals surface area contributed by atoms with E-state index >= 15 is 0 Å². The van der Waals surface area contributed by atoms with Crippen molar-refractivity contribution in [2.75, 3.05) is 0 Å². The third-order valence-electron chi connectivity index (χ3n) is 15.2. The fourth-order valence-corrected chi connectivity index (χ4v) is 11.7. The normalized spacial score (nSPS) is 11.8. The maximum Gasteiger partial charge on any atom is 0.338 e. The van der Waals surface area contributed by atoms with Crippen molar-refractivity contribution in [1.29, 1.82) is 0 Å². The number of hydrogen-bond acceptors (Lipinski definition) is 2. The SMILES string of the molecule is O=c1n(-c2ccc(-c3cccc(-c4ccc(-n5c(=O)n(-c6ccc(-n7c8ccccc8c8ccccc87)cc6)c6ccccc65)cc4)c3)cc2)c2ccccc2n1-c1ccc(-n2c3ccccc3c3ccccc32)cc1. The van der Waals surface area contributed by atoms with Gasteiger partial charge in [0.05, 0.1) is 66.9 Å². The molecule has 11 aromatic carbocycles. The molecule has 0 aliphatic carbocycles. The molecule has 0 bridgehead atoms. The Balaban J connectivity index is 0.715. The van der Waals surface area contributed by atoms with Gasteiger partial charge in [0, 0.05) is 32.9 Å². The van der Waals surface area contributed by atoms with Crippen LogP contribution in [-0.4, -0.2) is 27.4 Å². The molecule has 0 spiro atoms. The first-order valence-corrected chi connectivity index (χ1v) is 25.5. The van der Waals surface area contributed by atoms with Crippen LogP contribution >= 0.6 is 0 Å². The van der Waals surface area contributed by atoms with Gasteiger partial charge in [0.25, 0.3) is 0 Å². The first kappa shape index (κ1) is 43.2. The molecule has 0 radical (unpaired) electrons. The van der Waals surface area contributed by atoms with Crippen LogP contribution in [0.15, 0.2) is 277 Å². The summed E-state index contributed by atoms with van der Waals surface area (Å²) in [7, 11) is 0. The van der Waals surface area contributed by atoms with Gasteiger partial charge < -0.3 is 9.13 Å². The molecule has 358 valence electrons. The quantitative estimate of drug-likeness (QED) is 0.152. The summed E-state index contributed by atoms with van der Waals surface area (Å²) < 4.78 is 11.8. The number of rotatable bonds is 8. The molecule has 15 rings (SSSR count). The smallest absolute Gasteiger partial charge is 0.309 e. The zero-order chi connectivity index (χ0) is 50.4. The van der Waals surface area contributed by atoms with Gasteiger partial charge in [-0.25, -0.2) is 9.59 Å². The van der Waals surface area contributed by atoms with Gasteiger partial charge >= 0.3 is 11.4 Å². The molecular formula is C68H44N6O2. The highest BCUT2D eigenvalue weighted by Gasteiger charge is 2.20. The Kier molecular flexibility index (Phi) is 9.70. The van der Waals surface area contributed by atoms with Crippen molar-refractivity contribution in [1.82, 2.24) is 27.4 Å². The van der Waals surface area contributed by atoms with Gasteiger partial charge in [0.15, 0.2) is 0 Å². The Hall–Kier alpha value is -10.4. The number of imidazole rings is 2. The molecule has 8 nitrogen and oxygen atoms in total. The van der Waals surface area contributed by atoms with Crippen LogP contribution < -0.4 is 11.4 Å². The standard InChI is InChI=1S/C68H44N6O2/c75-67-71(63-24-9-11-26-65(63)73(67)53-40-36-49(37-41-53)69-59-20-5-1-16-55(59)56-17-2-6-21-60(56)69)51-32-28-45(29-33-51)47-14-13-15-48(44-47)46-30-34-52(35-31-46)72-64-25-10-12-27-66(64)74(68(72)76)54-42-38-50(39-43-54)70-61-22-7-3-18-57(61)58-19-4-8-23-62(58)70/h1-44H. The summed E-state index contributed by atoms with van der Waals surface area (Å²) in [6.07, 6.45) is 0. The average molecular weight is 977 g/mol. The van der Waals surface area contributed by atoms with E-state index in [0.717, 1.165) is 101 Å². The number of aromatic nitrogens is 6. The van der Waals surface area contributed by atoms with E-state index in [1.165, 1.54) is 21.5 Å². The predicted molar refractivity (Wildman–Crippen MR) is 311 cm³/mol. The molecule has 0 amide bonds. The summed E-state index contributed by atoms with van der Waals surface area (Å²) >= 11 is 0. The van der Waals surface area contributed by atoms with Gasteiger partial charge in [0.2, 0.25) is 0 Å². The lowest BCUT2D eigenvalue weighted by atomic mass is 9.99. The fraction of sp³-hybridized carbons (Fsp3) is 0. The van der Waals surface area contributed by atoms with Crippen LogP contribution in [-0.2, 0) is 0 Å². The van der Waals surface area contributed by atoms with Crippen LogP contribution in [0.3, 0.4) is 0 Å². The number of hydrogen-bond donors (Lipinski definition) is 0. The summed E-state index contributed by atoms with van der Waals surface area (Å²) in [5, 5.41) is 4.83. The zero-order valence-corrected chi connectivity index (χ0v) is 40.9. The highest BCUT2D eigenvalue weighted by atomic mass is 16.2. The Morgan fingerprint density at radius 2 is 0.408 bits per heavy atom. The number of fused-ring (bicyclic) bond motifs is 8. The Morgan fingerprint density at radius 1 is 0.184 bits per heavy atom. The molecule has 0 aliphatic heterocycles. The van der Waals surface area contributed by atoms with Crippen LogP contribution in [0.1, 0.15) is 0 Å². The van der Waals surface area contributed by atoms with Crippen molar-refractivity contribution >= 4 is 65.7 Å². The summed E-state index contributed by atoms with van der Waals surface area (Å²) in [5.74, 6) is 0. The zero-order valence-electron chi connectivity index (χ0n) is 40.9. The summed E-state index contributed by atoms with van der Waals surface area (Å²) in [4.78, 5) is 29.2. The lowest BCUT2D eigenvalue weighted by Gasteiger charge is -2.10. The molecule has 0 saturated carbocycles. The second-order valence-electron chi connectivity index (χ2n) is 19.3. The summed E-state index contributed by atoms with van der Waals surface area (Å²) in [6, 6.07) is 91.3. The van der Waals surface area contributed by atoms with Crippen molar-refractivity contribution in [3.05, 3.63) is 288 Å². The second kappa shape index (κ2) is 17.1. The lowest BCUT2D eigenvalue weighted by Crippen LogP contribution is -2.22. The highest BCUT2D eigenvalue weighted by molar-refractivity contribution is 6.10. The van der Waals surface area contributed by atoms with Crippen LogP contribution in [0.2, 0.25) is 0 Å². The van der Waals surface area contributed by atoms with Crippen molar-refractivity contribution < 1.29 is 0 Å². The Morgan fingerprint density at radius 3 is 0.684 bits per heavy atom. The molecule has 8 heteroatoms. The third-order valence-corrected chi connectivity index (χ3v) is 15.2. The van der Waals surface area contributed by atoms with Crippen molar-refractivity contribution in [3.63, 3.8) is 0 Å². The molecule has 0 saturated heterocycles. The number of nitrogens with zero attached hydrogens (tertiary/aromatic N) is 6. The number of para-hydroxylation sites is 8. The van der Waals surface area contributed by atoms with E-state index in [1.807, 2.05) is 97.1 Å². The Labute approximate surface area is 435 Å². The molecule has 76 heavy (non-hydrogen) atoms. The van der Waals surface area contributed by atoms with Gasteiger partial charge in [0.1, 0.15) is 0 Å². The summed E-state index contributed by atoms with van der Waals surface area (Å²) in [5.41, 5.74) is 17.0. The van der Waals surface area contributed by atoms with Gasteiger partial charge in [-0.15, -0.1) is 0 Å². The van der Waals surface area contributed by atoms with E-state index in [1.54, 1.807) is 18.3 Å². The van der Waals surface area contributed by atoms with Gasteiger partial charge in [-0.3, -0.25) is 18.3 Å². The van der Waals surface area contributed by atoms with E-state index in [2.05, 4.69) is 179 Å². The van der Waals surface area contributed by atoms with Gasteiger partial charge in [-0.1, -0.05) is 140 Å². The first-order valence-electron chi connectivity index (χ1n) is 25.5. The fourth-order valence-electron chi connectivity index (χ4n) is 11.7. The lowest BCUT2D eigenvalue weighted by molar-refractivity contribution is 0.930. The second-order valence-corrected chi connectivity index (χ2v) is 19.3. The minimum absolute atomic E-state index is 0.138. The van der Waals surface area contributed by atoms with E-state index in [4.69, 9.17) is 0 Å². The maximum atomic E-state index is 14.6. The van der Waals surface area contributed by atoms with Crippen molar-refractivity contribution in [2.45, 2.75) is 0 Å². The monoisotopic (exact) mass is 976 g/mol. The number of benzene rings is 11. The molecule has 0 fully saturated rings. The van der Waals surface area contributed by atoms with Crippen LogP contribution in [0, 0.1) is 0 Å². The molecule has 0 unspecified atom stereocenters. The van der Waals surface area contributed by atoms with Gasteiger partial charge in [-0.2, -0.15) is 0 Å². The minimum atomic E-state index is -0.138. The average Bonchev–Trinajstić information content (AvgIpc) is 4.20. The molecular weight excluding hydrogens is 933 g/mol. The van der Waals surface area contributed by atoms with E-state index in [-0.39, 0.29) is 11.4 Å². The first-order chi connectivity index (χ1) is 37.6. The largest absolute Gasteiger partial charge is 0.338 e. The van der Waals surface area contributed by atoms with Crippen LogP contribution in [0.5, 0.6) is 0 Å². The maximum absolute atomic E-state index is 14.6. The molecule has 4 heterocycles. The van der Waals surface area contributed by atoms with E-state index in [9.17, 15) is 9.59 Å². The molecule has 0 aliphatic rings. The van der Waals surface area contributed by atoms with Crippen molar-refractivity contribution in [3.8, 4) is 56.4 Å². The van der Waals surface area contributed by atoms with Gasteiger partial charge in [-0.05, 0) is 150 Å². The summed E-state index contributed by atoms with van der Waals surface area (Å²) in [6.45, 7) is 0. The third kappa shape index (κ3) is 6.64. The molecule has 15 aromatic rings. The molecule has 0 N–H and O–H groups in total. The molecule has 4 aromatic heterocycles. The highest BCUT2D eigenvalue weighted by Crippen LogP contribution is 2.35. The topological polar surface area (TPSA) is 63.7 Å². The van der Waals surface area contributed by atoms with E-state index < -0.39 is 0 Å². The Bertz CT molecular complexity index is 4480. The predicted octanol–water partition coefficient (Wildman–Crippen LogP) is 15.4. The van der Waals surface area contributed by atoms with Crippen LogP contribution in [0.4, 0.5) is 0 Å². The van der Waals surface area contributed by atoms with Crippen LogP contribution in [0.25, 0.3) is 122 Å². The van der Waals surface area contributed by atoms with Crippen molar-refractivity contribution in [2.24, 2.45) is 0 Å².